The first-order chi connectivity index (χ1) is 12.6. The van der Waals surface area contributed by atoms with Gasteiger partial charge in [0, 0.05) is 35.8 Å². The van der Waals surface area contributed by atoms with E-state index in [2.05, 4.69) is 11.4 Å². The Morgan fingerprint density at radius 1 is 1.12 bits per heavy atom. The molecule has 0 atom stereocenters. The molecule has 2 fully saturated rings. The van der Waals surface area contributed by atoms with Gasteiger partial charge >= 0.3 is 0 Å². The van der Waals surface area contributed by atoms with Crippen molar-refractivity contribution < 1.29 is 13.6 Å². The van der Waals surface area contributed by atoms with Crippen LogP contribution in [0.1, 0.15) is 50.5 Å². The van der Waals surface area contributed by atoms with Gasteiger partial charge in [-0.1, -0.05) is 12.8 Å². The van der Waals surface area contributed by atoms with Gasteiger partial charge in [-0.3, -0.25) is 13.6 Å². The Hall–Kier alpha value is -1.65. The summed E-state index contributed by atoms with van der Waals surface area (Å²) in [6.45, 7) is -0.315. The summed E-state index contributed by atoms with van der Waals surface area (Å²) in [5, 5.41) is 3.41. The van der Waals surface area contributed by atoms with Crippen molar-refractivity contribution in [2.24, 2.45) is 11.3 Å². The molecule has 1 N–H and O–H groups in total. The minimum absolute atomic E-state index is 0.138. The van der Waals surface area contributed by atoms with Crippen molar-refractivity contribution in [1.29, 1.82) is 0 Å². The van der Waals surface area contributed by atoms with Crippen molar-refractivity contribution in [3.8, 4) is 0 Å². The molecule has 1 amide bonds. The fourth-order valence-electron chi connectivity index (χ4n) is 4.88. The number of amides is 1. The molecule has 0 spiro atoms. The predicted octanol–water partition coefficient (Wildman–Crippen LogP) is 4.66. The number of nitrogens with one attached hydrogen (secondary N) is 1. The molecule has 26 heavy (non-hydrogen) atoms. The number of hydrogen-bond donors (Lipinski definition) is 1. The van der Waals surface area contributed by atoms with Crippen LogP contribution in [0.5, 0.6) is 0 Å². The second-order valence-corrected chi connectivity index (χ2v) is 8.52. The van der Waals surface area contributed by atoms with Gasteiger partial charge in [0.1, 0.15) is 0 Å². The molecule has 2 saturated carbocycles. The third kappa shape index (κ3) is 3.33. The maximum atomic E-state index is 13.0. The van der Waals surface area contributed by atoms with E-state index in [9.17, 15) is 13.6 Å². The Kier molecular flexibility index (Phi) is 4.89. The first-order valence-electron chi connectivity index (χ1n) is 9.94. The zero-order valence-corrected chi connectivity index (χ0v) is 15.3. The summed E-state index contributed by atoms with van der Waals surface area (Å²) in [6.07, 6.45) is 7.45. The quantitative estimate of drug-likeness (QED) is 0.798. The number of fused-ring (bicyclic) bond motifs is 1. The Morgan fingerprint density at radius 2 is 1.85 bits per heavy atom. The fraction of sp³-hybridized carbons (Fsp3) is 0.667. The van der Waals surface area contributed by atoms with Crippen LogP contribution < -0.4 is 10.2 Å². The van der Waals surface area contributed by atoms with Crippen LogP contribution in [0, 0.1) is 11.3 Å². The monoisotopic (exact) mass is 362 g/mol. The summed E-state index contributed by atoms with van der Waals surface area (Å²) < 4.78 is 25.9. The normalized spacial score (nSPS) is 23.0. The molecule has 0 aromatic heterocycles. The van der Waals surface area contributed by atoms with Crippen LogP contribution >= 0.6 is 0 Å². The van der Waals surface area contributed by atoms with Gasteiger partial charge < -0.3 is 10.2 Å². The van der Waals surface area contributed by atoms with Crippen molar-refractivity contribution in [2.75, 3.05) is 30.1 Å². The maximum absolute atomic E-state index is 13.0. The van der Waals surface area contributed by atoms with Gasteiger partial charge in [0.15, 0.2) is 0 Å². The summed E-state index contributed by atoms with van der Waals surface area (Å²) in [5.74, 6) is 0.868. The Bertz CT molecular complexity index is 660. The molecule has 142 valence electrons. The third-order valence-corrected chi connectivity index (χ3v) is 6.49. The van der Waals surface area contributed by atoms with Crippen LogP contribution in [0.3, 0.4) is 0 Å². The Morgan fingerprint density at radius 3 is 2.54 bits per heavy atom. The lowest BCUT2D eigenvalue weighted by atomic mass is 9.67. The topological polar surface area (TPSA) is 32.3 Å². The van der Waals surface area contributed by atoms with E-state index in [0.717, 1.165) is 24.3 Å². The second kappa shape index (κ2) is 7.16. The van der Waals surface area contributed by atoms with Crippen LogP contribution in [-0.2, 0) is 11.2 Å². The van der Waals surface area contributed by atoms with Gasteiger partial charge in [0.2, 0.25) is 5.91 Å². The fourth-order valence-corrected chi connectivity index (χ4v) is 4.88. The molecular formula is C21H28F2N2O. The van der Waals surface area contributed by atoms with Gasteiger partial charge in [-0.05, 0) is 61.8 Å². The average molecular weight is 362 g/mol. The summed E-state index contributed by atoms with van der Waals surface area (Å²) in [5.41, 5.74) is 2.50. The predicted molar refractivity (Wildman–Crippen MR) is 100 cm³/mol. The molecule has 4 rings (SSSR count). The third-order valence-electron chi connectivity index (χ3n) is 6.49. The number of alkyl halides is 2. The van der Waals surface area contributed by atoms with Gasteiger partial charge in [-0.2, -0.15) is 0 Å². The molecule has 1 heterocycles. The number of nitrogens with zero attached hydrogens (tertiary/aromatic N) is 1. The lowest BCUT2D eigenvalue weighted by Gasteiger charge is -2.44. The molecule has 1 aromatic carbocycles. The summed E-state index contributed by atoms with van der Waals surface area (Å²) in [4.78, 5) is 14.4. The van der Waals surface area contributed by atoms with Crippen LogP contribution in [0.4, 0.5) is 20.2 Å². The smallest absolute Gasteiger partial charge is 0.227 e. The van der Waals surface area contributed by atoms with E-state index in [4.69, 9.17) is 0 Å². The molecule has 0 saturated heterocycles. The zero-order valence-electron chi connectivity index (χ0n) is 15.3. The van der Waals surface area contributed by atoms with E-state index >= 15 is 0 Å². The van der Waals surface area contributed by atoms with Gasteiger partial charge in [-0.25, -0.2) is 0 Å². The minimum atomic E-state index is -0.754. The molecule has 3 aliphatic rings. The molecule has 0 unspecified atom stereocenters. The van der Waals surface area contributed by atoms with Crippen LogP contribution in [-0.4, -0.2) is 31.8 Å². The van der Waals surface area contributed by atoms with Crippen LogP contribution in [0.2, 0.25) is 0 Å². The average Bonchev–Trinajstić information content (AvgIpc) is 3.13. The zero-order chi connectivity index (χ0) is 18.1. The van der Waals surface area contributed by atoms with E-state index in [1.54, 1.807) is 0 Å². The lowest BCUT2D eigenvalue weighted by Crippen LogP contribution is -2.48. The number of carbonyl (C=O) groups is 1. The Balaban J connectivity index is 1.44. The summed E-state index contributed by atoms with van der Waals surface area (Å²) in [6, 6.07) is 6.30. The second-order valence-electron chi connectivity index (χ2n) is 8.52. The molecule has 0 radical (unpaired) electrons. The van der Waals surface area contributed by atoms with E-state index in [-0.39, 0.29) is 11.9 Å². The lowest BCUT2D eigenvalue weighted by molar-refractivity contribution is -0.119. The summed E-state index contributed by atoms with van der Waals surface area (Å²) >= 11 is 0. The highest BCUT2D eigenvalue weighted by Gasteiger charge is 2.44. The first-order valence-corrected chi connectivity index (χ1v) is 9.94. The van der Waals surface area contributed by atoms with Crippen molar-refractivity contribution in [2.45, 2.75) is 57.4 Å². The van der Waals surface area contributed by atoms with Crippen LogP contribution in [0.15, 0.2) is 18.2 Å². The van der Waals surface area contributed by atoms with E-state index in [1.807, 2.05) is 17.0 Å². The van der Waals surface area contributed by atoms with Gasteiger partial charge in [0.05, 0.1) is 13.3 Å². The Labute approximate surface area is 154 Å². The SMILES string of the molecule is O=C1CCc2cc(NC3CC(CF)(CF)C3)ccc2N1CC1CCCC1. The molecule has 0 bridgehead atoms. The van der Waals surface area contributed by atoms with Gasteiger partial charge in [-0.15, -0.1) is 0 Å². The maximum Gasteiger partial charge on any atom is 0.227 e. The molecule has 1 aromatic rings. The largest absolute Gasteiger partial charge is 0.382 e. The van der Waals surface area contributed by atoms with Crippen molar-refractivity contribution in [3.05, 3.63) is 23.8 Å². The van der Waals surface area contributed by atoms with E-state index in [0.29, 0.717) is 25.2 Å². The van der Waals surface area contributed by atoms with Crippen molar-refractivity contribution in [3.63, 3.8) is 0 Å². The summed E-state index contributed by atoms with van der Waals surface area (Å²) in [7, 11) is 0. The van der Waals surface area contributed by atoms with E-state index in [1.165, 1.54) is 31.2 Å². The number of hydrogen-bond acceptors (Lipinski definition) is 2. The number of halogens is 2. The number of rotatable bonds is 6. The molecule has 1 aliphatic heterocycles. The number of aryl methyl sites for hydroxylation is 1. The van der Waals surface area contributed by atoms with E-state index < -0.39 is 18.8 Å². The van der Waals surface area contributed by atoms with Crippen LogP contribution in [0.25, 0.3) is 0 Å². The minimum Gasteiger partial charge on any atom is -0.382 e. The van der Waals surface area contributed by atoms with Gasteiger partial charge in [0.25, 0.3) is 0 Å². The first kappa shape index (κ1) is 17.7. The van der Waals surface area contributed by atoms with Crippen molar-refractivity contribution in [1.82, 2.24) is 0 Å². The number of anilines is 2. The number of benzene rings is 1. The molecule has 3 nitrogen and oxygen atoms in total. The highest BCUT2D eigenvalue weighted by Crippen LogP contribution is 2.44. The number of carbonyl (C=O) groups excluding carboxylic acids is 1. The highest BCUT2D eigenvalue weighted by atomic mass is 19.1. The molecule has 5 heteroatoms. The standard InChI is InChI=1S/C21H28F2N2O/c22-13-21(14-23)10-18(11-21)24-17-6-7-19-16(9-17)5-8-20(26)25(19)12-15-3-1-2-4-15/h6-7,9,15,18,24H,1-5,8,10-14H2. The highest BCUT2D eigenvalue weighted by molar-refractivity contribution is 5.96. The molecule has 2 aliphatic carbocycles. The van der Waals surface area contributed by atoms with Crippen molar-refractivity contribution >= 4 is 17.3 Å². The molecular weight excluding hydrogens is 334 g/mol.